The summed E-state index contributed by atoms with van der Waals surface area (Å²) in [6.07, 6.45) is 0. The number of aliphatic carboxylic acids is 1. The molecular weight excluding hydrogens is 282 g/mol. The van der Waals surface area contributed by atoms with Crippen molar-refractivity contribution in [3.8, 4) is 0 Å². The minimum Gasteiger partial charge on any atom is -0.481 e. The number of piperidine rings is 1. The molecule has 3 rings (SSSR count). The Morgan fingerprint density at radius 1 is 1.29 bits per heavy atom. The lowest BCUT2D eigenvalue weighted by molar-refractivity contribution is -0.139. The molecule has 1 saturated carbocycles. The molecule has 2 atom stereocenters. The first-order chi connectivity index (χ1) is 8.15. The zero-order chi connectivity index (χ0) is 12.0. The Balaban J connectivity index is 1.57. The monoisotopic (exact) mass is 295 g/mol. The first-order valence-electron chi connectivity index (χ1n) is 5.85. The third-order valence-corrected chi connectivity index (χ3v) is 4.40. The summed E-state index contributed by atoms with van der Waals surface area (Å²) in [5.41, 5.74) is 1.29. The van der Waals surface area contributed by atoms with E-state index in [1.54, 1.807) is 0 Å². The molecule has 0 radical (unpaired) electrons. The van der Waals surface area contributed by atoms with E-state index >= 15 is 0 Å². The normalized spacial score (nSPS) is 31.2. The summed E-state index contributed by atoms with van der Waals surface area (Å²) < 4.78 is 1.09. The molecule has 2 unspecified atom stereocenters. The average molecular weight is 296 g/mol. The number of hydrogen-bond donors (Lipinski definition) is 1. The number of halogens is 1. The highest BCUT2D eigenvalue weighted by Gasteiger charge is 2.59. The fourth-order valence-corrected chi connectivity index (χ4v) is 3.22. The van der Waals surface area contributed by atoms with Crippen molar-refractivity contribution in [2.45, 2.75) is 6.54 Å². The molecule has 0 amide bonds. The van der Waals surface area contributed by atoms with Crippen LogP contribution < -0.4 is 0 Å². The fraction of sp³-hybridized carbons (Fsp3) is 0.462. The number of rotatable bonds is 3. The fourth-order valence-electron chi connectivity index (χ4n) is 2.96. The summed E-state index contributed by atoms with van der Waals surface area (Å²) in [4.78, 5) is 13.2. The van der Waals surface area contributed by atoms with Gasteiger partial charge in [-0.1, -0.05) is 28.1 Å². The van der Waals surface area contributed by atoms with E-state index in [4.69, 9.17) is 5.11 Å². The topological polar surface area (TPSA) is 40.5 Å². The van der Waals surface area contributed by atoms with Crippen molar-refractivity contribution in [2.24, 2.45) is 17.8 Å². The number of carbonyl (C=O) groups is 1. The molecule has 1 saturated heterocycles. The van der Waals surface area contributed by atoms with Gasteiger partial charge in [0.25, 0.3) is 0 Å². The molecular formula is C13H14BrNO2. The number of nitrogens with zero attached hydrogens (tertiary/aromatic N) is 1. The van der Waals surface area contributed by atoms with Crippen LogP contribution in [0.15, 0.2) is 28.7 Å². The van der Waals surface area contributed by atoms with Gasteiger partial charge in [-0.25, -0.2) is 0 Å². The van der Waals surface area contributed by atoms with Crippen molar-refractivity contribution in [3.63, 3.8) is 0 Å². The second-order valence-corrected chi connectivity index (χ2v) is 5.93. The van der Waals surface area contributed by atoms with Gasteiger partial charge >= 0.3 is 5.97 Å². The Hall–Kier alpha value is -0.870. The highest BCUT2D eigenvalue weighted by Crippen LogP contribution is 2.51. The van der Waals surface area contributed by atoms with E-state index in [9.17, 15) is 4.79 Å². The van der Waals surface area contributed by atoms with Crippen molar-refractivity contribution in [1.29, 1.82) is 0 Å². The van der Waals surface area contributed by atoms with E-state index in [1.165, 1.54) is 5.56 Å². The molecule has 3 nitrogen and oxygen atoms in total. The van der Waals surface area contributed by atoms with E-state index in [0.29, 0.717) is 11.8 Å². The van der Waals surface area contributed by atoms with Crippen LogP contribution >= 0.6 is 15.9 Å². The van der Waals surface area contributed by atoms with Crippen molar-refractivity contribution in [1.82, 2.24) is 4.90 Å². The Labute approximate surface area is 109 Å². The number of hydrogen-bond acceptors (Lipinski definition) is 2. The average Bonchev–Trinajstić information content (AvgIpc) is 2.81. The molecule has 0 bridgehead atoms. The molecule has 1 heterocycles. The molecule has 90 valence electrons. The molecule has 2 fully saturated rings. The molecule has 1 N–H and O–H groups in total. The summed E-state index contributed by atoms with van der Waals surface area (Å²) >= 11 is 3.42. The van der Waals surface area contributed by atoms with E-state index in [1.807, 2.05) is 12.1 Å². The van der Waals surface area contributed by atoms with Crippen LogP contribution in [-0.4, -0.2) is 29.1 Å². The van der Waals surface area contributed by atoms with Crippen LogP contribution in [0.4, 0.5) is 0 Å². The molecule has 0 spiro atoms. The summed E-state index contributed by atoms with van der Waals surface area (Å²) in [5, 5.41) is 8.94. The number of benzene rings is 1. The number of fused-ring (bicyclic) bond motifs is 1. The van der Waals surface area contributed by atoms with Crippen LogP contribution in [0.3, 0.4) is 0 Å². The predicted molar refractivity (Wildman–Crippen MR) is 67.5 cm³/mol. The lowest BCUT2D eigenvalue weighted by atomic mass is 10.2. The molecule has 1 aromatic carbocycles. The quantitative estimate of drug-likeness (QED) is 0.929. The van der Waals surface area contributed by atoms with Gasteiger partial charge in [0.15, 0.2) is 0 Å². The molecule has 17 heavy (non-hydrogen) atoms. The van der Waals surface area contributed by atoms with Crippen LogP contribution in [-0.2, 0) is 11.3 Å². The second kappa shape index (κ2) is 4.10. The maximum Gasteiger partial charge on any atom is 0.307 e. The molecule has 2 aliphatic rings. The Morgan fingerprint density at radius 2 is 1.88 bits per heavy atom. The zero-order valence-electron chi connectivity index (χ0n) is 9.34. The third-order valence-electron chi connectivity index (χ3n) is 3.87. The van der Waals surface area contributed by atoms with Crippen molar-refractivity contribution >= 4 is 21.9 Å². The van der Waals surface area contributed by atoms with Gasteiger partial charge < -0.3 is 5.11 Å². The molecule has 0 aromatic heterocycles. The van der Waals surface area contributed by atoms with Gasteiger partial charge in [0.1, 0.15) is 0 Å². The Bertz CT molecular complexity index is 433. The smallest absolute Gasteiger partial charge is 0.307 e. The van der Waals surface area contributed by atoms with Gasteiger partial charge in [-0.05, 0) is 29.5 Å². The van der Waals surface area contributed by atoms with Crippen molar-refractivity contribution < 1.29 is 9.90 Å². The maximum absolute atomic E-state index is 10.9. The van der Waals surface area contributed by atoms with Crippen LogP contribution in [0.2, 0.25) is 0 Å². The van der Waals surface area contributed by atoms with Crippen LogP contribution in [0.25, 0.3) is 0 Å². The van der Waals surface area contributed by atoms with Gasteiger partial charge in [0, 0.05) is 24.1 Å². The van der Waals surface area contributed by atoms with E-state index in [-0.39, 0.29) is 5.92 Å². The van der Waals surface area contributed by atoms with E-state index in [0.717, 1.165) is 24.1 Å². The van der Waals surface area contributed by atoms with Crippen LogP contribution in [0, 0.1) is 17.8 Å². The predicted octanol–water partition coefficient (Wildman–Crippen LogP) is 2.21. The number of likely N-dealkylation sites (tertiary alicyclic amines) is 1. The van der Waals surface area contributed by atoms with Crippen molar-refractivity contribution in [2.75, 3.05) is 13.1 Å². The Morgan fingerprint density at radius 3 is 2.41 bits per heavy atom. The van der Waals surface area contributed by atoms with E-state index in [2.05, 4.69) is 33.0 Å². The van der Waals surface area contributed by atoms with Gasteiger partial charge in [-0.2, -0.15) is 0 Å². The van der Waals surface area contributed by atoms with E-state index < -0.39 is 5.97 Å². The first-order valence-corrected chi connectivity index (χ1v) is 6.64. The van der Waals surface area contributed by atoms with Gasteiger partial charge in [-0.15, -0.1) is 0 Å². The molecule has 1 aliphatic carbocycles. The number of carboxylic acids is 1. The van der Waals surface area contributed by atoms with Gasteiger partial charge in [0.05, 0.1) is 5.92 Å². The maximum atomic E-state index is 10.9. The molecule has 1 aliphatic heterocycles. The lowest BCUT2D eigenvalue weighted by Crippen LogP contribution is -2.25. The molecule has 1 aromatic rings. The highest BCUT2D eigenvalue weighted by molar-refractivity contribution is 9.10. The first kappa shape index (κ1) is 11.2. The lowest BCUT2D eigenvalue weighted by Gasteiger charge is -2.18. The van der Waals surface area contributed by atoms with Crippen LogP contribution in [0.1, 0.15) is 5.56 Å². The summed E-state index contributed by atoms with van der Waals surface area (Å²) in [7, 11) is 0. The summed E-state index contributed by atoms with van der Waals surface area (Å²) in [6.45, 7) is 2.82. The largest absolute Gasteiger partial charge is 0.481 e. The van der Waals surface area contributed by atoms with Crippen molar-refractivity contribution in [3.05, 3.63) is 34.3 Å². The third kappa shape index (κ3) is 2.11. The van der Waals surface area contributed by atoms with Crippen LogP contribution in [0.5, 0.6) is 0 Å². The minimum absolute atomic E-state index is 0.0591. The second-order valence-electron chi connectivity index (χ2n) is 5.01. The summed E-state index contributed by atoms with van der Waals surface area (Å²) in [6, 6.07) is 8.32. The standard InChI is InChI=1S/C13H14BrNO2/c14-9-3-1-8(2-4-9)5-15-6-10-11(7-15)12(10)13(16)17/h1-4,10-12H,5-7H2,(H,16,17). The summed E-state index contributed by atoms with van der Waals surface area (Å²) in [5.74, 6) is 0.144. The minimum atomic E-state index is -0.608. The zero-order valence-corrected chi connectivity index (χ0v) is 10.9. The SMILES string of the molecule is O=C(O)C1C2CN(Cc3ccc(Br)cc3)CC21. The van der Waals surface area contributed by atoms with Gasteiger partial charge in [0.2, 0.25) is 0 Å². The number of carboxylic acid groups (broad SMARTS) is 1. The molecule has 4 heteroatoms. The highest BCUT2D eigenvalue weighted by atomic mass is 79.9. The van der Waals surface area contributed by atoms with Gasteiger partial charge in [-0.3, -0.25) is 9.69 Å². The Kier molecular flexibility index (Phi) is 2.71.